The summed E-state index contributed by atoms with van der Waals surface area (Å²) in [5, 5.41) is 3.28. The molecule has 100 valence electrons. The molecule has 3 heteroatoms. The van der Waals surface area contributed by atoms with E-state index in [1.807, 2.05) is 33.0 Å². The molecule has 0 spiro atoms. The second-order valence-corrected chi connectivity index (χ2v) is 5.06. The Bertz CT molecular complexity index is 401. The monoisotopic (exact) mass is 248 g/mol. The van der Waals surface area contributed by atoms with E-state index in [0.717, 1.165) is 0 Å². The van der Waals surface area contributed by atoms with Crippen LogP contribution in [0, 0.1) is 6.92 Å². The molecule has 0 aromatic heterocycles. The van der Waals surface area contributed by atoms with Crippen molar-refractivity contribution in [1.29, 1.82) is 0 Å². The zero-order valence-electron chi connectivity index (χ0n) is 12.0. The number of aryl methyl sites for hydroxylation is 1. The van der Waals surface area contributed by atoms with E-state index in [9.17, 15) is 4.79 Å². The highest BCUT2D eigenvalue weighted by Crippen LogP contribution is 2.16. The van der Waals surface area contributed by atoms with Gasteiger partial charge >= 0.3 is 0 Å². The molecule has 0 aliphatic heterocycles. The Morgan fingerprint density at radius 2 is 1.89 bits per heavy atom. The molecule has 1 rings (SSSR count). The third-order valence-electron chi connectivity index (χ3n) is 3.38. The lowest BCUT2D eigenvalue weighted by Gasteiger charge is -2.23. The first-order chi connectivity index (χ1) is 8.43. The van der Waals surface area contributed by atoms with Crippen LogP contribution in [0.3, 0.4) is 0 Å². The van der Waals surface area contributed by atoms with Gasteiger partial charge in [-0.3, -0.25) is 4.79 Å². The Morgan fingerprint density at radius 3 is 2.44 bits per heavy atom. The van der Waals surface area contributed by atoms with Crippen LogP contribution in [0.15, 0.2) is 24.3 Å². The molecule has 0 saturated carbocycles. The molecular weight excluding hydrogens is 224 g/mol. The molecule has 1 atom stereocenters. The molecule has 0 radical (unpaired) electrons. The molecule has 1 aromatic carbocycles. The van der Waals surface area contributed by atoms with Crippen LogP contribution in [-0.2, 0) is 4.79 Å². The van der Waals surface area contributed by atoms with E-state index >= 15 is 0 Å². The standard InChI is InChI=1S/C15H24N2O/c1-11(2)17(5)15(18)10-16-13(4)14-9-7-6-8-12(14)3/h6-9,11,13,16H,10H2,1-5H3. The highest BCUT2D eigenvalue weighted by molar-refractivity contribution is 5.78. The number of rotatable bonds is 5. The summed E-state index contributed by atoms with van der Waals surface area (Å²) in [6, 6.07) is 8.69. The van der Waals surface area contributed by atoms with Crippen LogP contribution in [-0.4, -0.2) is 30.4 Å². The van der Waals surface area contributed by atoms with Gasteiger partial charge in [-0.25, -0.2) is 0 Å². The quantitative estimate of drug-likeness (QED) is 0.868. The molecule has 1 N–H and O–H groups in total. The highest BCUT2D eigenvalue weighted by atomic mass is 16.2. The summed E-state index contributed by atoms with van der Waals surface area (Å²) in [4.78, 5) is 13.6. The summed E-state index contributed by atoms with van der Waals surface area (Å²) in [5.41, 5.74) is 2.50. The Kier molecular flexibility index (Phi) is 5.35. The summed E-state index contributed by atoms with van der Waals surface area (Å²) in [5.74, 6) is 0.130. The van der Waals surface area contributed by atoms with Gasteiger partial charge in [-0.05, 0) is 38.8 Å². The van der Waals surface area contributed by atoms with Crippen LogP contribution in [0.1, 0.15) is 37.9 Å². The Balaban J connectivity index is 2.54. The normalized spacial score (nSPS) is 12.6. The number of carbonyl (C=O) groups is 1. The molecular formula is C15H24N2O. The molecule has 3 nitrogen and oxygen atoms in total. The lowest BCUT2D eigenvalue weighted by Crippen LogP contribution is -2.40. The first-order valence-electron chi connectivity index (χ1n) is 6.48. The Hall–Kier alpha value is -1.35. The number of nitrogens with one attached hydrogen (secondary N) is 1. The van der Waals surface area contributed by atoms with E-state index < -0.39 is 0 Å². The molecule has 0 fully saturated rings. The number of benzene rings is 1. The number of amides is 1. The van der Waals surface area contributed by atoms with E-state index in [0.29, 0.717) is 6.54 Å². The minimum absolute atomic E-state index is 0.130. The fraction of sp³-hybridized carbons (Fsp3) is 0.533. The van der Waals surface area contributed by atoms with E-state index in [1.54, 1.807) is 4.90 Å². The van der Waals surface area contributed by atoms with Crippen molar-refractivity contribution in [1.82, 2.24) is 10.2 Å². The van der Waals surface area contributed by atoms with Crippen molar-refractivity contribution in [3.8, 4) is 0 Å². The third-order valence-corrected chi connectivity index (χ3v) is 3.38. The number of nitrogens with zero attached hydrogens (tertiary/aromatic N) is 1. The van der Waals surface area contributed by atoms with Crippen molar-refractivity contribution in [2.75, 3.05) is 13.6 Å². The Morgan fingerprint density at radius 1 is 1.28 bits per heavy atom. The fourth-order valence-electron chi connectivity index (χ4n) is 1.84. The van der Waals surface area contributed by atoms with Crippen molar-refractivity contribution in [3.05, 3.63) is 35.4 Å². The maximum Gasteiger partial charge on any atom is 0.236 e. The highest BCUT2D eigenvalue weighted by Gasteiger charge is 2.14. The fourth-order valence-corrected chi connectivity index (χ4v) is 1.84. The lowest BCUT2D eigenvalue weighted by atomic mass is 10.0. The molecule has 1 unspecified atom stereocenters. The third kappa shape index (κ3) is 3.84. The number of hydrogen-bond acceptors (Lipinski definition) is 2. The maximum absolute atomic E-state index is 11.9. The van der Waals surface area contributed by atoms with Crippen molar-refractivity contribution < 1.29 is 4.79 Å². The largest absolute Gasteiger partial charge is 0.342 e. The summed E-state index contributed by atoms with van der Waals surface area (Å²) in [7, 11) is 1.84. The molecule has 0 saturated heterocycles. The number of likely N-dealkylation sites (N-methyl/N-ethyl adjacent to an activating group) is 1. The zero-order valence-corrected chi connectivity index (χ0v) is 12.0. The molecule has 1 aromatic rings. The smallest absolute Gasteiger partial charge is 0.236 e. The van der Waals surface area contributed by atoms with E-state index in [1.165, 1.54) is 11.1 Å². The second-order valence-electron chi connectivity index (χ2n) is 5.06. The van der Waals surface area contributed by atoms with E-state index in [2.05, 4.69) is 31.3 Å². The van der Waals surface area contributed by atoms with Crippen LogP contribution >= 0.6 is 0 Å². The van der Waals surface area contributed by atoms with E-state index in [4.69, 9.17) is 0 Å². The lowest BCUT2D eigenvalue weighted by molar-refractivity contribution is -0.130. The summed E-state index contributed by atoms with van der Waals surface area (Å²) < 4.78 is 0. The Labute approximate surface area is 110 Å². The summed E-state index contributed by atoms with van der Waals surface area (Å²) >= 11 is 0. The van der Waals surface area contributed by atoms with Crippen molar-refractivity contribution in [2.24, 2.45) is 0 Å². The van der Waals surface area contributed by atoms with Crippen molar-refractivity contribution >= 4 is 5.91 Å². The van der Waals surface area contributed by atoms with Crippen molar-refractivity contribution in [2.45, 2.75) is 39.8 Å². The first kappa shape index (κ1) is 14.7. The summed E-state index contributed by atoms with van der Waals surface area (Å²) in [6.07, 6.45) is 0. The van der Waals surface area contributed by atoms with Crippen LogP contribution < -0.4 is 5.32 Å². The molecule has 18 heavy (non-hydrogen) atoms. The molecule has 0 bridgehead atoms. The average molecular weight is 248 g/mol. The zero-order chi connectivity index (χ0) is 13.7. The van der Waals surface area contributed by atoms with Gasteiger partial charge in [0.05, 0.1) is 6.54 Å². The van der Waals surface area contributed by atoms with Gasteiger partial charge in [0.2, 0.25) is 5.91 Å². The molecule has 0 aliphatic carbocycles. The van der Waals surface area contributed by atoms with Crippen LogP contribution in [0.2, 0.25) is 0 Å². The predicted molar refractivity (Wildman–Crippen MR) is 75.5 cm³/mol. The molecule has 0 aliphatic rings. The van der Waals surface area contributed by atoms with Gasteiger partial charge in [-0.2, -0.15) is 0 Å². The second kappa shape index (κ2) is 6.55. The number of carbonyl (C=O) groups excluding carboxylic acids is 1. The first-order valence-corrected chi connectivity index (χ1v) is 6.48. The average Bonchev–Trinajstić information content (AvgIpc) is 2.35. The van der Waals surface area contributed by atoms with Gasteiger partial charge < -0.3 is 10.2 Å². The van der Waals surface area contributed by atoms with Gasteiger partial charge in [0.1, 0.15) is 0 Å². The van der Waals surface area contributed by atoms with Crippen LogP contribution in [0.4, 0.5) is 0 Å². The topological polar surface area (TPSA) is 32.3 Å². The van der Waals surface area contributed by atoms with Gasteiger partial charge in [-0.1, -0.05) is 24.3 Å². The molecule has 1 amide bonds. The molecule has 0 heterocycles. The van der Waals surface area contributed by atoms with Gasteiger partial charge in [0.25, 0.3) is 0 Å². The number of hydrogen-bond donors (Lipinski definition) is 1. The van der Waals surface area contributed by atoms with E-state index in [-0.39, 0.29) is 18.0 Å². The maximum atomic E-state index is 11.9. The van der Waals surface area contributed by atoms with Gasteiger partial charge in [0, 0.05) is 19.1 Å². The van der Waals surface area contributed by atoms with Gasteiger partial charge in [-0.15, -0.1) is 0 Å². The van der Waals surface area contributed by atoms with Gasteiger partial charge in [0.15, 0.2) is 0 Å². The van der Waals surface area contributed by atoms with Crippen LogP contribution in [0.25, 0.3) is 0 Å². The minimum Gasteiger partial charge on any atom is -0.342 e. The minimum atomic E-state index is 0.130. The van der Waals surface area contributed by atoms with Crippen molar-refractivity contribution in [3.63, 3.8) is 0 Å². The SMILES string of the molecule is Cc1ccccc1C(C)NCC(=O)N(C)C(C)C. The van der Waals surface area contributed by atoms with Crippen LogP contribution in [0.5, 0.6) is 0 Å². The summed E-state index contributed by atoms with van der Waals surface area (Å²) in [6.45, 7) is 8.59. The predicted octanol–water partition coefficient (Wildman–Crippen LogP) is 2.51.